The predicted octanol–water partition coefficient (Wildman–Crippen LogP) is 4.89. The number of thiazole rings is 1. The maximum Gasteiger partial charge on any atom is 0.258 e. The molecule has 1 atom stereocenters. The lowest BCUT2D eigenvalue weighted by molar-refractivity contribution is 0.102. The highest BCUT2D eigenvalue weighted by Crippen LogP contribution is 2.23. The molecular weight excluding hydrogens is 457 g/mol. The van der Waals surface area contributed by atoms with Crippen LogP contribution in [0.3, 0.4) is 0 Å². The van der Waals surface area contributed by atoms with Crippen LogP contribution < -0.4 is 5.32 Å². The van der Waals surface area contributed by atoms with Gasteiger partial charge in [0.15, 0.2) is 5.13 Å². The number of halogens is 2. The first-order valence-corrected chi connectivity index (χ1v) is 10.3. The maximum atomic E-state index is 12.4. The predicted molar refractivity (Wildman–Crippen MR) is 108 cm³/mol. The van der Waals surface area contributed by atoms with E-state index in [1.807, 2.05) is 11.4 Å². The van der Waals surface area contributed by atoms with Gasteiger partial charge in [-0.3, -0.25) is 15.0 Å². The van der Waals surface area contributed by atoms with Gasteiger partial charge in [0.1, 0.15) is 0 Å². The molecule has 1 aromatic heterocycles. The molecule has 3 rings (SSSR count). The van der Waals surface area contributed by atoms with E-state index in [1.165, 1.54) is 24.2 Å². The van der Waals surface area contributed by atoms with Crippen molar-refractivity contribution >= 4 is 56.6 Å². The van der Waals surface area contributed by atoms with Crippen LogP contribution in [0.15, 0.2) is 23.6 Å². The van der Waals surface area contributed by atoms with E-state index in [1.54, 1.807) is 12.1 Å². The van der Waals surface area contributed by atoms with Gasteiger partial charge in [-0.1, -0.05) is 18.5 Å². The SMILES string of the molecule is CC1CCCN(Cc2csc(NC(=O)c3cc(Cl)ccc3I)n2)C1. The molecule has 1 unspecified atom stereocenters. The molecule has 7 heteroatoms. The second-order valence-electron chi connectivity index (χ2n) is 6.20. The van der Waals surface area contributed by atoms with Crippen molar-refractivity contribution in [1.82, 2.24) is 9.88 Å². The van der Waals surface area contributed by atoms with Crippen molar-refractivity contribution in [2.24, 2.45) is 5.92 Å². The van der Waals surface area contributed by atoms with Gasteiger partial charge in [0.05, 0.1) is 11.3 Å². The largest absolute Gasteiger partial charge is 0.298 e. The molecule has 24 heavy (non-hydrogen) atoms. The lowest BCUT2D eigenvalue weighted by Crippen LogP contribution is -2.33. The molecule has 0 spiro atoms. The van der Waals surface area contributed by atoms with Crippen LogP contribution in [0.1, 0.15) is 35.8 Å². The van der Waals surface area contributed by atoms with Crippen LogP contribution in [-0.4, -0.2) is 28.9 Å². The molecule has 1 aliphatic rings. The van der Waals surface area contributed by atoms with Crippen molar-refractivity contribution in [2.45, 2.75) is 26.3 Å². The van der Waals surface area contributed by atoms with Crippen LogP contribution in [0.5, 0.6) is 0 Å². The fourth-order valence-corrected chi connectivity index (χ4v) is 4.38. The van der Waals surface area contributed by atoms with E-state index in [2.05, 4.69) is 44.7 Å². The van der Waals surface area contributed by atoms with Gasteiger partial charge < -0.3 is 0 Å². The van der Waals surface area contributed by atoms with Crippen molar-refractivity contribution in [3.8, 4) is 0 Å². The summed E-state index contributed by atoms with van der Waals surface area (Å²) in [5, 5.41) is 6.10. The monoisotopic (exact) mass is 475 g/mol. The van der Waals surface area contributed by atoms with E-state index in [-0.39, 0.29) is 5.91 Å². The van der Waals surface area contributed by atoms with Gasteiger partial charge in [-0.25, -0.2) is 4.98 Å². The number of anilines is 1. The third kappa shape index (κ3) is 4.68. The van der Waals surface area contributed by atoms with Gasteiger partial charge >= 0.3 is 0 Å². The van der Waals surface area contributed by atoms with Crippen molar-refractivity contribution in [3.63, 3.8) is 0 Å². The highest BCUT2D eigenvalue weighted by Gasteiger charge is 2.18. The molecule has 128 valence electrons. The summed E-state index contributed by atoms with van der Waals surface area (Å²) >= 11 is 9.59. The first-order chi connectivity index (χ1) is 11.5. The van der Waals surface area contributed by atoms with Gasteiger partial charge in [-0.05, 0) is 66.1 Å². The molecule has 1 aliphatic heterocycles. The van der Waals surface area contributed by atoms with Gasteiger partial charge in [-0.2, -0.15) is 0 Å². The Morgan fingerprint density at radius 3 is 3.17 bits per heavy atom. The summed E-state index contributed by atoms with van der Waals surface area (Å²) in [4.78, 5) is 19.4. The molecular formula is C17H19ClIN3OS. The number of aromatic nitrogens is 1. The zero-order valence-corrected chi connectivity index (χ0v) is 17.1. The molecule has 1 saturated heterocycles. The Morgan fingerprint density at radius 2 is 2.38 bits per heavy atom. The lowest BCUT2D eigenvalue weighted by Gasteiger charge is -2.30. The molecule has 1 fully saturated rings. The molecule has 0 radical (unpaired) electrons. The zero-order chi connectivity index (χ0) is 17.1. The van der Waals surface area contributed by atoms with E-state index in [4.69, 9.17) is 11.6 Å². The summed E-state index contributed by atoms with van der Waals surface area (Å²) in [6.07, 6.45) is 2.56. The Labute approximate surface area is 164 Å². The highest BCUT2D eigenvalue weighted by molar-refractivity contribution is 14.1. The number of nitrogens with zero attached hydrogens (tertiary/aromatic N) is 2. The molecule has 1 amide bonds. The Balaban J connectivity index is 1.63. The Kier molecular flexibility index (Phi) is 6.12. The van der Waals surface area contributed by atoms with Crippen molar-refractivity contribution in [3.05, 3.63) is 43.4 Å². The second kappa shape index (κ2) is 8.12. The van der Waals surface area contributed by atoms with Crippen LogP contribution in [0, 0.1) is 9.49 Å². The minimum absolute atomic E-state index is 0.172. The number of nitrogens with one attached hydrogen (secondary N) is 1. The van der Waals surface area contributed by atoms with E-state index in [0.29, 0.717) is 15.7 Å². The van der Waals surface area contributed by atoms with E-state index < -0.39 is 0 Å². The molecule has 0 aliphatic carbocycles. The van der Waals surface area contributed by atoms with Crippen LogP contribution >= 0.6 is 45.5 Å². The highest BCUT2D eigenvalue weighted by atomic mass is 127. The third-order valence-corrected chi connectivity index (χ3v) is 6.05. The lowest BCUT2D eigenvalue weighted by atomic mass is 10.0. The summed E-state index contributed by atoms with van der Waals surface area (Å²) in [6.45, 7) is 5.40. The fraction of sp³-hybridized carbons (Fsp3) is 0.412. The van der Waals surface area contributed by atoms with Crippen LogP contribution in [-0.2, 0) is 6.54 Å². The maximum absolute atomic E-state index is 12.4. The Hall–Kier alpha value is -0.700. The summed E-state index contributed by atoms with van der Waals surface area (Å²) in [7, 11) is 0. The summed E-state index contributed by atoms with van der Waals surface area (Å²) in [5.74, 6) is 0.579. The zero-order valence-electron chi connectivity index (χ0n) is 13.4. The number of rotatable bonds is 4. The number of hydrogen-bond donors (Lipinski definition) is 1. The molecule has 4 nitrogen and oxygen atoms in total. The minimum atomic E-state index is -0.172. The van der Waals surface area contributed by atoms with Crippen molar-refractivity contribution in [2.75, 3.05) is 18.4 Å². The number of carbonyl (C=O) groups excluding carboxylic acids is 1. The number of carbonyl (C=O) groups is 1. The molecule has 2 heterocycles. The second-order valence-corrected chi connectivity index (χ2v) is 8.66. The summed E-state index contributed by atoms with van der Waals surface area (Å²) < 4.78 is 0.869. The van der Waals surface area contributed by atoms with Crippen molar-refractivity contribution < 1.29 is 4.79 Å². The Morgan fingerprint density at radius 1 is 1.54 bits per heavy atom. The molecule has 2 aromatic rings. The van der Waals surface area contributed by atoms with Gasteiger partial charge in [0, 0.05) is 27.1 Å². The average Bonchev–Trinajstić information content (AvgIpc) is 2.96. The van der Waals surface area contributed by atoms with Crippen molar-refractivity contribution in [1.29, 1.82) is 0 Å². The number of benzene rings is 1. The van der Waals surface area contributed by atoms with E-state index in [9.17, 15) is 4.79 Å². The standard InChI is InChI=1S/C17H19ClIN3OS/c1-11-3-2-6-22(8-11)9-13-10-24-17(20-13)21-16(23)14-7-12(18)4-5-15(14)19/h4-5,7,10-11H,2-3,6,8-9H2,1H3,(H,20,21,23). The van der Waals surface area contributed by atoms with Crippen LogP contribution in [0.2, 0.25) is 5.02 Å². The summed E-state index contributed by atoms with van der Waals surface area (Å²) in [6, 6.07) is 5.30. The molecule has 0 bridgehead atoms. The number of likely N-dealkylation sites (tertiary alicyclic amines) is 1. The first kappa shape index (κ1) is 18.1. The van der Waals surface area contributed by atoms with E-state index >= 15 is 0 Å². The summed E-state index contributed by atoms with van der Waals surface area (Å²) in [5.41, 5.74) is 1.59. The molecule has 1 N–H and O–H groups in total. The topological polar surface area (TPSA) is 45.2 Å². The number of hydrogen-bond acceptors (Lipinski definition) is 4. The third-order valence-electron chi connectivity index (χ3n) is 4.07. The van der Waals surface area contributed by atoms with E-state index in [0.717, 1.165) is 34.8 Å². The normalized spacial score (nSPS) is 18.5. The van der Waals surface area contributed by atoms with Gasteiger partial charge in [0.25, 0.3) is 5.91 Å². The molecule has 1 aromatic carbocycles. The van der Waals surface area contributed by atoms with Gasteiger partial charge in [0.2, 0.25) is 0 Å². The number of amides is 1. The van der Waals surface area contributed by atoms with Crippen LogP contribution in [0.25, 0.3) is 0 Å². The quantitative estimate of drug-likeness (QED) is 0.641. The first-order valence-electron chi connectivity index (χ1n) is 7.94. The van der Waals surface area contributed by atoms with Crippen LogP contribution in [0.4, 0.5) is 5.13 Å². The smallest absolute Gasteiger partial charge is 0.258 e. The molecule has 0 saturated carbocycles. The minimum Gasteiger partial charge on any atom is -0.298 e. The Bertz CT molecular complexity index is 736. The fourth-order valence-electron chi connectivity index (χ4n) is 2.93. The number of piperidine rings is 1. The van der Waals surface area contributed by atoms with Gasteiger partial charge in [-0.15, -0.1) is 11.3 Å². The average molecular weight is 476 g/mol.